The van der Waals surface area contributed by atoms with Crippen molar-refractivity contribution in [2.75, 3.05) is 12.4 Å². The van der Waals surface area contributed by atoms with Gasteiger partial charge < -0.3 is 10.1 Å². The Bertz CT molecular complexity index is 409. The van der Waals surface area contributed by atoms with Crippen molar-refractivity contribution in [3.05, 3.63) is 29.8 Å². The van der Waals surface area contributed by atoms with Crippen molar-refractivity contribution >= 4 is 11.7 Å². The summed E-state index contributed by atoms with van der Waals surface area (Å²) < 4.78 is 30.6. The Morgan fingerprint density at radius 3 is 2.53 bits per heavy atom. The van der Waals surface area contributed by atoms with Crippen molar-refractivity contribution in [1.29, 1.82) is 0 Å². The standard InChI is InChI=1S/C12H15F2NO2/c1-7(12(16)17-3)8(2)15-11-5-4-9(13)6-10(11)14/h4-8,15H,1-3H3. The summed E-state index contributed by atoms with van der Waals surface area (Å²) in [6.07, 6.45) is 0. The van der Waals surface area contributed by atoms with Crippen LogP contribution in [0.3, 0.4) is 0 Å². The molecule has 0 aliphatic carbocycles. The van der Waals surface area contributed by atoms with Crippen LogP contribution in [0.1, 0.15) is 13.8 Å². The molecule has 94 valence electrons. The van der Waals surface area contributed by atoms with Gasteiger partial charge in [-0.15, -0.1) is 0 Å². The number of benzene rings is 1. The Morgan fingerprint density at radius 2 is 2.00 bits per heavy atom. The third kappa shape index (κ3) is 3.41. The second kappa shape index (κ2) is 5.61. The molecular weight excluding hydrogens is 228 g/mol. The molecule has 0 aliphatic heterocycles. The van der Waals surface area contributed by atoms with E-state index in [1.807, 2.05) is 0 Å². The second-order valence-electron chi connectivity index (χ2n) is 3.87. The molecule has 1 rings (SSSR count). The lowest BCUT2D eigenvalue weighted by Gasteiger charge is -2.20. The largest absolute Gasteiger partial charge is 0.469 e. The first-order valence-electron chi connectivity index (χ1n) is 5.25. The van der Waals surface area contributed by atoms with Gasteiger partial charge in [-0.05, 0) is 26.0 Å². The number of hydrogen-bond donors (Lipinski definition) is 1. The minimum Gasteiger partial charge on any atom is -0.469 e. The second-order valence-corrected chi connectivity index (χ2v) is 3.87. The molecule has 0 aliphatic rings. The van der Waals surface area contributed by atoms with E-state index in [2.05, 4.69) is 10.1 Å². The van der Waals surface area contributed by atoms with Crippen LogP contribution < -0.4 is 5.32 Å². The van der Waals surface area contributed by atoms with Gasteiger partial charge in [-0.25, -0.2) is 8.78 Å². The Hall–Kier alpha value is -1.65. The van der Waals surface area contributed by atoms with Crippen molar-refractivity contribution < 1.29 is 18.3 Å². The van der Waals surface area contributed by atoms with E-state index in [1.54, 1.807) is 13.8 Å². The molecule has 17 heavy (non-hydrogen) atoms. The summed E-state index contributed by atoms with van der Waals surface area (Å²) in [7, 11) is 1.30. The van der Waals surface area contributed by atoms with Gasteiger partial charge >= 0.3 is 5.97 Å². The Morgan fingerprint density at radius 1 is 1.35 bits per heavy atom. The maximum atomic E-state index is 13.3. The number of methoxy groups -OCH3 is 1. The zero-order valence-corrected chi connectivity index (χ0v) is 9.96. The monoisotopic (exact) mass is 243 g/mol. The van der Waals surface area contributed by atoms with Crippen LogP contribution in [0.2, 0.25) is 0 Å². The van der Waals surface area contributed by atoms with Crippen molar-refractivity contribution in [1.82, 2.24) is 0 Å². The highest BCUT2D eigenvalue weighted by Crippen LogP contribution is 2.18. The summed E-state index contributed by atoms with van der Waals surface area (Å²) in [4.78, 5) is 11.3. The SMILES string of the molecule is COC(=O)C(C)C(C)Nc1ccc(F)cc1F. The lowest BCUT2D eigenvalue weighted by molar-refractivity contribution is -0.145. The first-order valence-corrected chi connectivity index (χ1v) is 5.25. The lowest BCUT2D eigenvalue weighted by Crippen LogP contribution is -2.31. The number of halogens is 2. The molecule has 0 bridgehead atoms. The summed E-state index contributed by atoms with van der Waals surface area (Å²) in [6.45, 7) is 3.40. The third-order valence-corrected chi connectivity index (χ3v) is 2.64. The summed E-state index contributed by atoms with van der Waals surface area (Å²) in [5.74, 6) is -2.13. The van der Waals surface area contributed by atoms with Crippen molar-refractivity contribution in [2.24, 2.45) is 5.92 Å². The maximum Gasteiger partial charge on any atom is 0.310 e. The van der Waals surface area contributed by atoms with Crippen LogP contribution in [0.4, 0.5) is 14.5 Å². The molecule has 0 spiro atoms. The van der Waals surface area contributed by atoms with Gasteiger partial charge in [0, 0.05) is 12.1 Å². The van der Waals surface area contributed by atoms with Crippen LogP contribution in [0, 0.1) is 17.6 Å². The van der Waals surface area contributed by atoms with Crippen molar-refractivity contribution in [2.45, 2.75) is 19.9 Å². The average Bonchev–Trinajstić information content (AvgIpc) is 2.30. The van der Waals surface area contributed by atoms with Gasteiger partial charge in [0.2, 0.25) is 0 Å². The highest BCUT2D eigenvalue weighted by atomic mass is 19.1. The molecule has 0 saturated carbocycles. The Kier molecular flexibility index (Phi) is 4.43. The number of rotatable bonds is 4. The van der Waals surface area contributed by atoms with Crippen LogP contribution in [-0.2, 0) is 9.53 Å². The number of nitrogens with one attached hydrogen (secondary N) is 1. The number of carbonyl (C=O) groups excluding carboxylic acids is 1. The van der Waals surface area contributed by atoms with Crippen LogP contribution in [-0.4, -0.2) is 19.1 Å². The van der Waals surface area contributed by atoms with Gasteiger partial charge in [0.25, 0.3) is 0 Å². The predicted octanol–water partition coefficient (Wildman–Crippen LogP) is 2.57. The van der Waals surface area contributed by atoms with E-state index in [0.717, 1.165) is 12.1 Å². The van der Waals surface area contributed by atoms with Gasteiger partial charge in [0.05, 0.1) is 18.7 Å². The third-order valence-electron chi connectivity index (χ3n) is 2.64. The molecular formula is C12H15F2NO2. The zero-order valence-electron chi connectivity index (χ0n) is 9.96. The first kappa shape index (κ1) is 13.4. The molecule has 1 aromatic carbocycles. The number of esters is 1. The van der Waals surface area contributed by atoms with E-state index in [0.29, 0.717) is 0 Å². The smallest absolute Gasteiger partial charge is 0.310 e. The molecule has 1 N–H and O–H groups in total. The van der Waals surface area contributed by atoms with Gasteiger partial charge in [0.15, 0.2) is 0 Å². The van der Waals surface area contributed by atoms with E-state index >= 15 is 0 Å². The van der Waals surface area contributed by atoms with Gasteiger partial charge in [-0.2, -0.15) is 0 Å². The molecule has 2 unspecified atom stereocenters. The topological polar surface area (TPSA) is 38.3 Å². The number of ether oxygens (including phenoxy) is 1. The van der Waals surface area contributed by atoms with E-state index in [4.69, 9.17) is 0 Å². The summed E-state index contributed by atoms with van der Waals surface area (Å²) in [5.41, 5.74) is 0.162. The highest BCUT2D eigenvalue weighted by molar-refractivity contribution is 5.73. The van der Waals surface area contributed by atoms with Gasteiger partial charge in [-0.1, -0.05) is 0 Å². The normalized spacial score (nSPS) is 13.9. The Balaban J connectivity index is 2.74. The fraction of sp³-hybridized carbons (Fsp3) is 0.417. The number of hydrogen-bond acceptors (Lipinski definition) is 3. The van der Waals surface area contributed by atoms with E-state index in [9.17, 15) is 13.6 Å². The van der Waals surface area contributed by atoms with Crippen molar-refractivity contribution in [3.8, 4) is 0 Å². The fourth-order valence-electron chi connectivity index (χ4n) is 1.37. The fourth-order valence-corrected chi connectivity index (χ4v) is 1.37. The zero-order chi connectivity index (χ0) is 13.0. The van der Waals surface area contributed by atoms with E-state index < -0.39 is 17.6 Å². The van der Waals surface area contributed by atoms with E-state index in [1.165, 1.54) is 13.2 Å². The highest BCUT2D eigenvalue weighted by Gasteiger charge is 2.21. The molecule has 0 radical (unpaired) electrons. The number of carbonyl (C=O) groups is 1. The molecule has 0 amide bonds. The lowest BCUT2D eigenvalue weighted by atomic mass is 10.0. The quantitative estimate of drug-likeness (QED) is 0.826. The molecule has 2 atom stereocenters. The van der Waals surface area contributed by atoms with Crippen LogP contribution in [0.15, 0.2) is 18.2 Å². The van der Waals surface area contributed by atoms with Crippen molar-refractivity contribution in [3.63, 3.8) is 0 Å². The van der Waals surface area contributed by atoms with Gasteiger partial charge in [-0.3, -0.25) is 4.79 Å². The van der Waals surface area contributed by atoms with Gasteiger partial charge in [0.1, 0.15) is 11.6 Å². The molecule has 0 heterocycles. The molecule has 1 aromatic rings. The number of anilines is 1. The minimum atomic E-state index is -0.686. The molecule has 0 saturated heterocycles. The minimum absolute atomic E-state index is 0.162. The molecule has 0 aromatic heterocycles. The van der Waals surface area contributed by atoms with E-state index in [-0.39, 0.29) is 17.7 Å². The van der Waals surface area contributed by atoms with Crippen LogP contribution in [0.5, 0.6) is 0 Å². The van der Waals surface area contributed by atoms with Crippen LogP contribution in [0.25, 0.3) is 0 Å². The summed E-state index contributed by atoms with van der Waals surface area (Å²) in [5, 5.41) is 2.81. The molecule has 0 fully saturated rings. The molecule has 3 nitrogen and oxygen atoms in total. The summed E-state index contributed by atoms with van der Waals surface area (Å²) >= 11 is 0. The molecule has 5 heteroatoms. The first-order chi connectivity index (χ1) is 7.95. The Labute approximate surface area is 98.8 Å². The average molecular weight is 243 g/mol. The summed E-state index contributed by atoms with van der Waals surface area (Å²) in [6, 6.07) is 2.92. The maximum absolute atomic E-state index is 13.3. The predicted molar refractivity (Wildman–Crippen MR) is 60.6 cm³/mol. The van der Waals surface area contributed by atoms with Crippen LogP contribution >= 0.6 is 0 Å².